The average Bonchev–Trinajstić information content (AvgIpc) is 3.18. The summed E-state index contributed by atoms with van der Waals surface area (Å²) in [6.45, 7) is 0. The second-order valence-corrected chi connectivity index (χ2v) is 8.33. The first-order chi connectivity index (χ1) is 14.7. The fourth-order valence-electron chi connectivity index (χ4n) is 2.95. The molecule has 160 valence electrons. The number of nitrogens with zero attached hydrogens (tertiary/aromatic N) is 3. The summed E-state index contributed by atoms with van der Waals surface area (Å²) in [4.78, 5) is 8.34. The van der Waals surface area contributed by atoms with E-state index >= 15 is 0 Å². The van der Waals surface area contributed by atoms with Crippen LogP contribution in [0.25, 0.3) is 16.9 Å². The van der Waals surface area contributed by atoms with Crippen LogP contribution in [-0.2, 0) is 16.2 Å². The second kappa shape index (κ2) is 7.67. The van der Waals surface area contributed by atoms with Crippen molar-refractivity contribution in [2.45, 2.75) is 11.1 Å². The third-order valence-corrected chi connectivity index (χ3v) is 5.93. The van der Waals surface area contributed by atoms with Crippen molar-refractivity contribution in [3.63, 3.8) is 0 Å². The molecule has 0 radical (unpaired) electrons. The molecule has 0 amide bonds. The van der Waals surface area contributed by atoms with Gasteiger partial charge >= 0.3 is 6.18 Å². The van der Waals surface area contributed by atoms with E-state index in [2.05, 4.69) is 14.7 Å². The van der Waals surface area contributed by atoms with E-state index in [0.717, 1.165) is 12.1 Å². The third kappa shape index (κ3) is 4.09. The van der Waals surface area contributed by atoms with Gasteiger partial charge in [0, 0.05) is 12.4 Å². The lowest BCUT2D eigenvalue weighted by molar-refractivity contribution is -0.137. The van der Waals surface area contributed by atoms with Gasteiger partial charge in [0.25, 0.3) is 0 Å². The van der Waals surface area contributed by atoms with E-state index < -0.39 is 21.8 Å². The topological polar surface area (TPSA) is 85.6 Å². The summed E-state index contributed by atoms with van der Waals surface area (Å²) in [6.07, 6.45) is 1.88. The van der Waals surface area contributed by atoms with Gasteiger partial charge in [0.15, 0.2) is 0 Å². The minimum Gasteiger partial charge on any atom is -0.457 e. The number of fused-ring (bicyclic) bond motifs is 1. The van der Waals surface area contributed by atoms with Crippen molar-refractivity contribution in [3.8, 4) is 22.9 Å². The number of halogens is 3. The van der Waals surface area contributed by atoms with Gasteiger partial charge in [0.05, 0.1) is 33.9 Å². The molecule has 0 aliphatic rings. The quantitative estimate of drug-likeness (QED) is 0.497. The second-order valence-electron chi connectivity index (χ2n) is 6.44. The molecule has 4 aromatic rings. The van der Waals surface area contributed by atoms with Crippen molar-refractivity contribution in [2.75, 3.05) is 7.05 Å². The lowest BCUT2D eigenvalue weighted by Crippen LogP contribution is -2.18. The summed E-state index contributed by atoms with van der Waals surface area (Å²) in [6, 6.07) is 8.36. The molecule has 0 spiro atoms. The first kappa shape index (κ1) is 20.8. The Morgan fingerprint density at radius 1 is 1.06 bits per heavy atom. The van der Waals surface area contributed by atoms with Crippen LogP contribution in [0.15, 0.2) is 72.1 Å². The number of nitrogens with one attached hydrogen (secondary N) is 1. The monoisotopic (exact) mass is 448 g/mol. The number of hydrogen-bond donors (Lipinski definition) is 1. The fourth-order valence-corrected chi connectivity index (χ4v) is 3.70. The van der Waals surface area contributed by atoms with E-state index in [0.29, 0.717) is 16.9 Å². The molecule has 2 aromatic heterocycles. The van der Waals surface area contributed by atoms with E-state index in [1.807, 2.05) is 0 Å². The van der Waals surface area contributed by atoms with Crippen LogP contribution in [0.2, 0.25) is 0 Å². The van der Waals surface area contributed by atoms with Gasteiger partial charge in [-0.25, -0.2) is 18.1 Å². The summed E-state index contributed by atoms with van der Waals surface area (Å²) in [5.41, 5.74) is 0.199. The van der Waals surface area contributed by atoms with Gasteiger partial charge in [-0.15, -0.1) is 0 Å². The number of alkyl halides is 3. The van der Waals surface area contributed by atoms with E-state index in [9.17, 15) is 21.6 Å². The molecule has 7 nitrogen and oxygen atoms in total. The molecule has 11 heteroatoms. The van der Waals surface area contributed by atoms with Crippen molar-refractivity contribution in [3.05, 3.63) is 72.8 Å². The summed E-state index contributed by atoms with van der Waals surface area (Å²) in [5, 5.41) is 0. The van der Waals surface area contributed by atoms with Gasteiger partial charge < -0.3 is 4.74 Å². The summed E-state index contributed by atoms with van der Waals surface area (Å²) in [7, 11) is -2.47. The zero-order chi connectivity index (χ0) is 22.2. The van der Waals surface area contributed by atoms with Gasteiger partial charge in [0.1, 0.15) is 17.3 Å². The number of benzene rings is 2. The first-order valence-corrected chi connectivity index (χ1v) is 10.4. The lowest BCUT2D eigenvalue weighted by Gasteiger charge is -2.13. The molecule has 0 fully saturated rings. The maximum Gasteiger partial charge on any atom is 0.416 e. The highest BCUT2D eigenvalue weighted by molar-refractivity contribution is 7.89. The van der Waals surface area contributed by atoms with Crippen LogP contribution in [-0.4, -0.2) is 29.8 Å². The van der Waals surface area contributed by atoms with E-state index in [-0.39, 0.29) is 16.4 Å². The Morgan fingerprint density at radius 3 is 2.48 bits per heavy atom. The molecule has 4 rings (SSSR count). The van der Waals surface area contributed by atoms with Crippen molar-refractivity contribution in [1.29, 1.82) is 0 Å². The number of rotatable bonds is 5. The number of sulfonamides is 1. The summed E-state index contributed by atoms with van der Waals surface area (Å²) in [5.74, 6) is 0.757. The maximum atomic E-state index is 12.8. The zero-order valence-electron chi connectivity index (χ0n) is 16.0. The minimum absolute atomic E-state index is 0.0180. The highest BCUT2D eigenvalue weighted by Crippen LogP contribution is 2.36. The van der Waals surface area contributed by atoms with Crippen LogP contribution in [0, 0.1) is 0 Å². The molecule has 0 unspecified atom stereocenters. The predicted octanol–water partition coefficient (Wildman–Crippen LogP) is 4.12. The molecule has 2 heterocycles. The molecule has 0 aliphatic heterocycles. The van der Waals surface area contributed by atoms with E-state index in [4.69, 9.17) is 4.74 Å². The van der Waals surface area contributed by atoms with Crippen LogP contribution in [0.5, 0.6) is 11.5 Å². The van der Waals surface area contributed by atoms with Gasteiger partial charge in [-0.05, 0) is 49.5 Å². The van der Waals surface area contributed by atoms with E-state index in [1.54, 1.807) is 29.2 Å². The molecule has 0 bridgehead atoms. The third-order valence-electron chi connectivity index (χ3n) is 4.51. The Hall–Kier alpha value is -3.44. The zero-order valence-corrected chi connectivity index (χ0v) is 16.8. The Bertz CT molecular complexity index is 1350. The number of imidazole rings is 1. The Balaban J connectivity index is 1.82. The largest absolute Gasteiger partial charge is 0.457 e. The SMILES string of the molecule is CNS(=O)(=O)c1ccc(Oc2ccc(C(F)(F)F)cc2)c(-c2ncc3cnccn23)c1. The molecule has 1 N–H and O–H groups in total. The molecule has 0 saturated carbocycles. The van der Waals surface area contributed by atoms with Crippen LogP contribution in [0.1, 0.15) is 5.56 Å². The van der Waals surface area contributed by atoms with Crippen molar-refractivity contribution >= 4 is 15.5 Å². The highest BCUT2D eigenvalue weighted by atomic mass is 32.2. The first-order valence-electron chi connectivity index (χ1n) is 8.89. The van der Waals surface area contributed by atoms with Crippen LogP contribution >= 0.6 is 0 Å². The fraction of sp³-hybridized carbons (Fsp3) is 0.100. The Labute approximate surface area is 175 Å². The van der Waals surface area contributed by atoms with Crippen molar-refractivity contribution in [2.24, 2.45) is 0 Å². The molecular formula is C20H15F3N4O3S. The minimum atomic E-state index is -4.46. The van der Waals surface area contributed by atoms with Crippen molar-refractivity contribution < 1.29 is 26.3 Å². The molecule has 0 saturated heterocycles. The van der Waals surface area contributed by atoms with Gasteiger partial charge in [-0.3, -0.25) is 9.38 Å². The molecular weight excluding hydrogens is 433 g/mol. The highest BCUT2D eigenvalue weighted by Gasteiger charge is 2.30. The predicted molar refractivity (Wildman–Crippen MR) is 106 cm³/mol. The van der Waals surface area contributed by atoms with Gasteiger partial charge in [-0.1, -0.05) is 0 Å². The normalized spacial score (nSPS) is 12.3. The van der Waals surface area contributed by atoms with Gasteiger partial charge in [0.2, 0.25) is 10.0 Å². The van der Waals surface area contributed by atoms with E-state index in [1.165, 1.54) is 37.4 Å². The number of hydrogen-bond acceptors (Lipinski definition) is 5. The van der Waals surface area contributed by atoms with Gasteiger partial charge in [-0.2, -0.15) is 13.2 Å². The standard InChI is InChI=1S/C20H15F3N4O3S/c1-24-31(28,29)16-6-7-18(30-15-4-2-13(3-5-15)20(21,22)23)17(10-16)19-26-12-14-11-25-8-9-27(14)19/h2-12,24H,1H3. The Morgan fingerprint density at radius 2 is 1.81 bits per heavy atom. The van der Waals surface area contributed by atoms with Crippen LogP contribution in [0.3, 0.4) is 0 Å². The maximum absolute atomic E-state index is 12.8. The molecule has 31 heavy (non-hydrogen) atoms. The summed E-state index contributed by atoms with van der Waals surface area (Å²) < 4.78 is 72.8. The van der Waals surface area contributed by atoms with Crippen LogP contribution in [0.4, 0.5) is 13.2 Å². The smallest absolute Gasteiger partial charge is 0.416 e. The van der Waals surface area contributed by atoms with Crippen LogP contribution < -0.4 is 9.46 Å². The molecule has 0 aliphatic carbocycles. The Kier molecular flexibility index (Phi) is 5.15. The number of ether oxygens (including phenoxy) is 1. The number of aromatic nitrogens is 3. The molecule has 2 aromatic carbocycles. The van der Waals surface area contributed by atoms with Crippen molar-refractivity contribution in [1.82, 2.24) is 19.1 Å². The summed E-state index contributed by atoms with van der Waals surface area (Å²) >= 11 is 0. The lowest BCUT2D eigenvalue weighted by atomic mass is 10.1. The molecule has 0 atom stereocenters. The average molecular weight is 448 g/mol.